The van der Waals surface area contributed by atoms with Crippen LogP contribution in [0.2, 0.25) is 0 Å². The van der Waals surface area contributed by atoms with E-state index in [-0.39, 0.29) is 11.8 Å². The number of nitrogens with zero attached hydrogens (tertiary/aromatic N) is 1. The second-order valence-corrected chi connectivity index (χ2v) is 7.80. The zero-order chi connectivity index (χ0) is 20.2. The molecule has 1 saturated carbocycles. The number of para-hydroxylation sites is 1. The van der Waals surface area contributed by atoms with Gasteiger partial charge in [-0.3, -0.25) is 9.59 Å². The maximum absolute atomic E-state index is 13.4. The molecule has 6 heteroatoms. The maximum atomic E-state index is 13.4. The van der Waals surface area contributed by atoms with E-state index in [2.05, 4.69) is 5.32 Å². The number of likely N-dealkylation sites (tertiary alicyclic amines) is 1. The highest BCUT2D eigenvalue weighted by Gasteiger charge is 2.26. The van der Waals surface area contributed by atoms with E-state index in [1.165, 1.54) is 12.1 Å². The number of hydrogen-bond donors (Lipinski definition) is 1. The molecule has 0 spiro atoms. The van der Waals surface area contributed by atoms with E-state index in [9.17, 15) is 14.0 Å². The van der Waals surface area contributed by atoms with Gasteiger partial charge in [-0.05, 0) is 61.9 Å². The minimum Gasteiger partial charge on any atom is -0.492 e. The molecule has 2 amide bonds. The Balaban J connectivity index is 1.29. The number of nitrogens with one attached hydrogen (secondary N) is 1. The Morgan fingerprint density at radius 2 is 1.79 bits per heavy atom. The molecule has 0 unspecified atom stereocenters. The molecule has 2 aromatic carbocycles. The highest BCUT2D eigenvalue weighted by molar-refractivity contribution is 5.97. The number of ether oxygens (including phenoxy) is 1. The summed E-state index contributed by atoms with van der Waals surface area (Å²) in [5.41, 5.74) is 0.952. The summed E-state index contributed by atoms with van der Waals surface area (Å²) in [6.07, 6.45) is 3.72. The van der Waals surface area contributed by atoms with Crippen LogP contribution in [0.1, 0.15) is 46.4 Å². The van der Waals surface area contributed by atoms with Crippen LogP contribution < -0.4 is 10.1 Å². The first-order valence-corrected chi connectivity index (χ1v) is 10.2. The van der Waals surface area contributed by atoms with Crippen LogP contribution in [0.3, 0.4) is 0 Å². The Morgan fingerprint density at radius 3 is 2.52 bits per heavy atom. The molecule has 0 atom stereocenters. The summed E-state index contributed by atoms with van der Waals surface area (Å²) in [6.45, 7) is 1.75. The van der Waals surface area contributed by atoms with Gasteiger partial charge in [-0.2, -0.15) is 0 Å². The molecule has 1 heterocycles. The van der Waals surface area contributed by atoms with Crippen molar-refractivity contribution in [3.05, 3.63) is 65.5 Å². The summed E-state index contributed by atoms with van der Waals surface area (Å²) in [6, 6.07) is 13.4. The molecular weight excluding hydrogens is 371 g/mol. The van der Waals surface area contributed by atoms with Crippen molar-refractivity contribution in [2.45, 2.75) is 31.7 Å². The molecule has 0 aromatic heterocycles. The normalized spacial score (nSPS) is 17.1. The van der Waals surface area contributed by atoms with Crippen LogP contribution in [0.5, 0.6) is 5.75 Å². The van der Waals surface area contributed by atoms with Crippen LogP contribution in [-0.4, -0.2) is 42.5 Å². The third kappa shape index (κ3) is 4.94. The van der Waals surface area contributed by atoms with Crippen LogP contribution in [-0.2, 0) is 0 Å². The third-order valence-corrected chi connectivity index (χ3v) is 5.49. The number of benzene rings is 2. The van der Waals surface area contributed by atoms with Crippen molar-refractivity contribution in [1.29, 1.82) is 0 Å². The van der Waals surface area contributed by atoms with Crippen LogP contribution in [0.15, 0.2) is 48.5 Å². The first kappa shape index (κ1) is 19.4. The van der Waals surface area contributed by atoms with Crippen molar-refractivity contribution >= 4 is 11.8 Å². The topological polar surface area (TPSA) is 58.6 Å². The quantitative estimate of drug-likeness (QED) is 0.811. The molecular formula is C23H25FN2O3. The van der Waals surface area contributed by atoms with Gasteiger partial charge in [0.15, 0.2) is 0 Å². The monoisotopic (exact) mass is 396 g/mol. The van der Waals surface area contributed by atoms with Gasteiger partial charge in [-0.25, -0.2) is 4.39 Å². The zero-order valence-corrected chi connectivity index (χ0v) is 16.3. The standard InChI is InChI=1S/C23H25FN2O3/c24-18-5-3-4-17(14-18)23(28)26-12-10-16(11-13-26)15-29-21-7-2-1-6-20(21)22(27)25-19-8-9-19/h1-7,14,16,19H,8-13,15H2,(H,25,27). The number of carbonyl (C=O) groups excluding carboxylic acids is 2. The Morgan fingerprint density at radius 1 is 1.03 bits per heavy atom. The Hall–Kier alpha value is -2.89. The highest BCUT2D eigenvalue weighted by Crippen LogP contribution is 2.25. The molecule has 1 aliphatic carbocycles. The fraction of sp³-hybridized carbons (Fsp3) is 0.391. The first-order valence-electron chi connectivity index (χ1n) is 10.2. The van der Waals surface area contributed by atoms with Gasteiger partial charge in [-0.15, -0.1) is 0 Å². The summed E-state index contributed by atoms with van der Waals surface area (Å²) in [7, 11) is 0. The highest BCUT2D eigenvalue weighted by atomic mass is 19.1. The van der Waals surface area contributed by atoms with Crippen molar-refractivity contribution in [2.24, 2.45) is 5.92 Å². The Labute approximate surface area is 169 Å². The molecule has 4 rings (SSSR count). The van der Waals surface area contributed by atoms with Gasteiger partial charge < -0.3 is 15.0 Å². The number of carbonyl (C=O) groups is 2. The first-order chi connectivity index (χ1) is 14.1. The number of piperidine rings is 1. The number of halogens is 1. The summed E-state index contributed by atoms with van der Waals surface area (Å²) in [4.78, 5) is 26.7. The summed E-state index contributed by atoms with van der Waals surface area (Å²) >= 11 is 0. The van der Waals surface area contributed by atoms with Crippen molar-refractivity contribution in [3.8, 4) is 5.75 Å². The van der Waals surface area contributed by atoms with E-state index < -0.39 is 5.82 Å². The average Bonchev–Trinajstić information content (AvgIpc) is 3.56. The van der Waals surface area contributed by atoms with E-state index in [0.29, 0.717) is 48.5 Å². The van der Waals surface area contributed by atoms with Crippen LogP contribution >= 0.6 is 0 Å². The van der Waals surface area contributed by atoms with E-state index in [1.54, 1.807) is 23.1 Å². The van der Waals surface area contributed by atoms with Gasteiger partial charge >= 0.3 is 0 Å². The van der Waals surface area contributed by atoms with Crippen molar-refractivity contribution in [3.63, 3.8) is 0 Å². The molecule has 0 radical (unpaired) electrons. The van der Waals surface area contributed by atoms with Crippen molar-refractivity contribution < 1.29 is 18.7 Å². The molecule has 1 saturated heterocycles. The Kier molecular flexibility index (Phi) is 5.79. The van der Waals surface area contributed by atoms with E-state index in [0.717, 1.165) is 25.7 Å². The van der Waals surface area contributed by atoms with Crippen molar-refractivity contribution in [2.75, 3.05) is 19.7 Å². The van der Waals surface area contributed by atoms with E-state index >= 15 is 0 Å². The molecule has 5 nitrogen and oxygen atoms in total. The zero-order valence-electron chi connectivity index (χ0n) is 16.3. The molecule has 1 aliphatic heterocycles. The molecule has 2 aliphatic rings. The SMILES string of the molecule is O=C(NC1CC1)c1ccccc1OCC1CCN(C(=O)c2cccc(F)c2)CC1. The summed E-state index contributed by atoms with van der Waals surface area (Å²) in [5, 5.41) is 3.00. The average molecular weight is 396 g/mol. The second-order valence-electron chi connectivity index (χ2n) is 7.80. The van der Waals surface area contributed by atoms with Gasteiger partial charge in [0.25, 0.3) is 11.8 Å². The molecule has 29 heavy (non-hydrogen) atoms. The predicted octanol–water partition coefficient (Wildman–Crippen LogP) is 3.65. The molecule has 2 fully saturated rings. The molecule has 1 N–H and O–H groups in total. The van der Waals surface area contributed by atoms with Gasteiger partial charge in [-0.1, -0.05) is 18.2 Å². The minimum atomic E-state index is -0.400. The summed E-state index contributed by atoms with van der Waals surface area (Å²) < 4.78 is 19.3. The minimum absolute atomic E-state index is 0.0846. The van der Waals surface area contributed by atoms with Crippen LogP contribution in [0, 0.1) is 11.7 Å². The smallest absolute Gasteiger partial charge is 0.255 e. The fourth-order valence-electron chi connectivity index (χ4n) is 3.59. The third-order valence-electron chi connectivity index (χ3n) is 5.49. The second kappa shape index (κ2) is 8.64. The predicted molar refractivity (Wildman–Crippen MR) is 107 cm³/mol. The van der Waals surface area contributed by atoms with Crippen LogP contribution in [0.4, 0.5) is 4.39 Å². The lowest BCUT2D eigenvalue weighted by atomic mass is 9.97. The van der Waals surface area contributed by atoms with Crippen LogP contribution in [0.25, 0.3) is 0 Å². The number of hydrogen-bond acceptors (Lipinski definition) is 3. The number of amides is 2. The Bertz CT molecular complexity index is 889. The van der Waals surface area contributed by atoms with Gasteiger partial charge in [0.05, 0.1) is 12.2 Å². The van der Waals surface area contributed by atoms with E-state index in [1.807, 2.05) is 18.2 Å². The van der Waals surface area contributed by atoms with Gasteiger partial charge in [0, 0.05) is 24.7 Å². The van der Waals surface area contributed by atoms with Crippen molar-refractivity contribution in [1.82, 2.24) is 10.2 Å². The number of rotatable bonds is 6. The van der Waals surface area contributed by atoms with E-state index in [4.69, 9.17) is 4.74 Å². The lowest BCUT2D eigenvalue weighted by Gasteiger charge is -2.32. The fourth-order valence-corrected chi connectivity index (χ4v) is 3.59. The van der Waals surface area contributed by atoms with Gasteiger partial charge in [0.2, 0.25) is 0 Å². The lowest BCUT2D eigenvalue weighted by molar-refractivity contribution is 0.0659. The largest absolute Gasteiger partial charge is 0.492 e. The summed E-state index contributed by atoms with van der Waals surface area (Å²) in [5.74, 6) is 0.295. The molecule has 2 aromatic rings. The molecule has 0 bridgehead atoms. The maximum Gasteiger partial charge on any atom is 0.255 e. The molecule has 152 valence electrons. The van der Waals surface area contributed by atoms with Gasteiger partial charge in [0.1, 0.15) is 11.6 Å². The lowest BCUT2D eigenvalue weighted by Crippen LogP contribution is -2.39.